The molecular formula is C14H21NO. The fraction of sp³-hybridized carbons (Fsp3) is 0.571. The molecule has 1 saturated carbocycles. The Balaban J connectivity index is 1.92. The minimum Gasteiger partial charge on any atom is -0.497 e. The van der Waals surface area contributed by atoms with Crippen LogP contribution in [0.15, 0.2) is 24.3 Å². The molecule has 2 atom stereocenters. The maximum atomic E-state index is 5.15. The number of rotatable bonds is 3. The Morgan fingerprint density at radius 1 is 1.19 bits per heavy atom. The molecule has 0 aliphatic heterocycles. The Kier molecular flexibility index (Phi) is 3.70. The first kappa shape index (κ1) is 11.3. The number of nitrogens with one attached hydrogen (secondary N) is 1. The molecule has 2 unspecified atom stereocenters. The van der Waals surface area contributed by atoms with E-state index in [1.165, 1.54) is 31.4 Å². The molecule has 88 valence electrons. The van der Waals surface area contributed by atoms with Crippen molar-refractivity contribution in [3.8, 4) is 5.75 Å². The van der Waals surface area contributed by atoms with Gasteiger partial charge in [-0.2, -0.15) is 0 Å². The van der Waals surface area contributed by atoms with Crippen LogP contribution in [0, 0.1) is 5.92 Å². The van der Waals surface area contributed by atoms with Gasteiger partial charge in [-0.3, -0.25) is 0 Å². The number of benzene rings is 1. The van der Waals surface area contributed by atoms with Gasteiger partial charge in [-0.25, -0.2) is 0 Å². The first-order valence-electron chi connectivity index (χ1n) is 6.18. The van der Waals surface area contributed by atoms with Crippen molar-refractivity contribution in [2.45, 2.75) is 38.6 Å². The molecule has 0 bridgehead atoms. The van der Waals surface area contributed by atoms with Crippen LogP contribution in [-0.4, -0.2) is 13.2 Å². The molecule has 0 saturated heterocycles. The predicted octanol–water partition coefficient (Wildman–Crippen LogP) is 3.69. The van der Waals surface area contributed by atoms with Gasteiger partial charge >= 0.3 is 0 Å². The molecule has 2 rings (SSSR count). The Bertz CT molecular complexity index is 320. The van der Waals surface area contributed by atoms with Crippen LogP contribution in [0.5, 0.6) is 5.75 Å². The molecule has 0 amide bonds. The molecule has 0 radical (unpaired) electrons. The molecule has 1 aromatic rings. The molecule has 1 aliphatic rings. The van der Waals surface area contributed by atoms with E-state index in [-0.39, 0.29) is 0 Å². The molecule has 1 fully saturated rings. The standard InChI is InChI=1S/C14H21NO/c1-11-4-3-5-13(10-11)15-12-6-8-14(16-2)9-7-12/h6-9,11,13,15H,3-5,10H2,1-2H3. The quantitative estimate of drug-likeness (QED) is 0.837. The van der Waals surface area contributed by atoms with Crippen molar-refractivity contribution < 1.29 is 4.74 Å². The van der Waals surface area contributed by atoms with Gasteiger partial charge in [0.2, 0.25) is 0 Å². The van der Waals surface area contributed by atoms with Crippen molar-refractivity contribution in [2.24, 2.45) is 5.92 Å². The highest BCUT2D eigenvalue weighted by molar-refractivity contribution is 5.47. The maximum Gasteiger partial charge on any atom is 0.119 e. The Morgan fingerprint density at radius 2 is 1.94 bits per heavy atom. The number of ether oxygens (including phenoxy) is 1. The smallest absolute Gasteiger partial charge is 0.119 e. The van der Waals surface area contributed by atoms with E-state index in [0.717, 1.165) is 11.7 Å². The highest BCUT2D eigenvalue weighted by Crippen LogP contribution is 2.26. The zero-order chi connectivity index (χ0) is 11.4. The summed E-state index contributed by atoms with van der Waals surface area (Å²) in [6, 6.07) is 8.86. The van der Waals surface area contributed by atoms with E-state index in [4.69, 9.17) is 4.74 Å². The predicted molar refractivity (Wildman–Crippen MR) is 68.0 cm³/mol. The molecule has 0 heterocycles. The summed E-state index contributed by atoms with van der Waals surface area (Å²) in [5.74, 6) is 1.78. The molecule has 2 nitrogen and oxygen atoms in total. The Hall–Kier alpha value is -1.18. The van der Waals surface area contributed by atoms with Crippen LogP contribution in [0.1, 0.15) is 32.6 Å². The van der Waals surface area contributed by atoms with Gasteiger partial charge in [-0.05, 0) is 43.0 Å². The van der Waals surface area contributed by atoms with Crippen LogP contribution in [0.4, 0.5) is 5.69 Å². The van der Waals surface area contributed by atoms with E-state index < -0.39 is 0 Å². The van der Waals surface area contributed by atoms with Gasteiger partial charge in [0, 0.05) is 11.7 Å². The Labute approximate surface area is 98.0 Å². The van der Waals surface area contributed by atoms with E-state index in [1.54, 1.807) is 7.11 Å². The van der Waals surface area contributed by atoms with Gasteiger partial charge in [-0.1, -0.05) is 19.8 Å². The third-order valence-corrected chi connectivity index (χ3v) is 3.40. The van der Waals surface area contributed by atoms with Gasteiger partial charge < -0.3 is 10.1 Å². The van der Waals surface area contributed by atoms with Gasteiger partial charge in [0.05, 0.1) is 7.11 Å². The van der Waals surface area contributed by atoms with Crippen LogP contribution in [-0.2, 0) is 0 Å². The summed E-state index contributed by atoms with van der Waals surface area (Å²) in [6.07, 6.45) is 5.35. The second kappa shape index (κ2) is 5.24. The topological polar surface area (TPSA) is 21.3 Å². The van der Waals surface area contributed by atoms with E-state index in [1.807, 2.05) is 12.1 Å². The summed E-state index contributed by atoms with van der Waals surface area (Å²) in [5.41, 5.74) is 1.21. The van der Waals surface area contributed by atoms with Crippen molar-refractivity contribution >= 4 is 5.69 Å². The number of anilines is 1. The van der Waals surface area contributed by atoms with E-state index in [0.29, 0.717) is 6.04 Å². The van der Waals surface area contributed by atoms with E-state index in [9.17, 15) is 0 Å². The summed E-state index contributed by atoms with van der Waals surface area (Å²) in [7, 11) is 1.70. The highest BCUT2D eigenvalue weighted by Gasteiger charge is 2.18. The van der Waals surface area contributed by atoms with Crippen LogP contribution < -0.4 is 10.1 Å². The molecule has 1 aliphatic carbocycles. The molecule has 1 N–H and O–H groups in total. The number of methoxy groups -OCH3 is 1. The largest absolute Gasteiger partial charge is 0.497 e. The van der Waals surface area contributed by atoms with Crippen LogP contribution in [0.25, 0.3) is 0 Å². The number of hydrogen-bond donors (Lipinski definition) is 1. The molecule has 1 aromatic carbocycles. The molecule has 16 heavy (non-hydrogen) atoms. The zero-order valence-corrected chi connectivity index (χ0v) is 10.2. The summed E-state index contributed by atoms with van der Waals surface area (Å²) in [4.78, 5) is 0. The summed E-state index contributed by atoms with van der Waals surface area (Å²) in [6.45, 7) is 2.35. The van der Waals surface area contributed by atoms with E-state index in [2.05, 4.69) is 24.4 Å². The lowest BCUT2D eigenvalue weighted by Gasteiger charge is -2.28. The van der Waals surface area contributed by atoms with Crippen LogP contribution >= 0.6 is 0 Å². The molecule has 0 aromatic heterocycles. The molecule has 2 heteroatoms. The molecular weight excluding hydrogens is 198 g/mol. The van der Waals surface area contributed by atoms with Crippen molar-refractivity contribution in [1.82, 2.24) is 0 Å². The zero-order valence-electron chi connectivity index (χ0n) is 10.2. The van der Waals surface area contributed by atoms with Crippen molar-refractivity contribution in [3.05, 3.63) is 24.3 Å². The summed E-state index contributed by atoms with van der Waals surface area (Å²) >= 11 is 0. The van der Waals surface area contributed by atoms with Gasteiger partial charge in [0.25, 0.3) is 0 Å². The highest BCUT2D eigenvalue weighted by atomic mass is 16.5. The SMILES string of the molecule is COc1ccc(NC2CCCC(C)C2)cc1. The average Bonchev–Trinajstić information content (AvgIpc) is 2.30. The third kappa shape index (κ3) is 2.91. The normalized spacial score (nSPS) is 25.1. The minimum atomic E-state index is 0.650. The fourth-order valence-corrected chi connectivity index (χ4v) is 2.49. The van der Waals surface area contributed by atoms with Gasteiger partial charge in [-0.15, -0.1) is 0 Å². The summed E-state index contributed by atoms with van der Waals surface area (Å²) in [5, 5.41) is 3.61. The lowest BCUT2D eigenvalue weighted by atomic mass is 9.87. The fourth-order valence-electron chi connectivity index (χ4n) is 2.49. The van der Waals surface area contributed by atoms with Crippen molar-refractivity contribution in [1.29, 1.82) is 0 Å². The maximum absolute atomic E-state index is 5.15. The van der Waals surface area contributed by atoms with Crippen molar-refractivity contribution in [2.75, 3.05) is 12.4 Å². The van der Waals surface area contributed by atoms with Crippen molar-refractivity contribution in [3.63, 3.8) is 0 Å². The minimum absolute atomic E-state index is 0.650. The van der Waals surface area contributed by atoms with Gasteiger partial charge in [0.15, 0.2) is 0 Å². The summed E-state index contributed by atoms with van der Waals surface area (Å²) < 4.78 is 5.15. The van der Waals surface area contributed by atoms with Crippen LogP contribution in [0.3, 0.4) is 0 Å². The van der Waals surface area contributed by atoms with Gasteiger partial charge in [0.1, 0.15) is 5.75 Å². The van der Waals surface area contributed by atoms with E-state index >= 15 is 0 Å². The molecule has 0 spiro atoms. The Morgan fingerprint density at radius 3 is 2.56 bits per heavy atom. The monoisotopic (exact) mass is 219 g/mol. The third-order valence-electron chi connectivity index (χ3n) is 3.40. The second-order valence-corrected chi connectivity index (χ2v) is 4.84. The second-order valence-electron chi connectivity index (χ2n) is 4.84. The lowest BCUT2D eigenvalue weighted by Crippen LogP contribution is -2.26. The number of hydrogen-bond acceptors (Lipinski definition) is 2. The first-order chi connectivity index (χ1) is 7.78. The van der Waals surface area contributed by atoms with Crippen LogP contribution in [0.2, 0.25) is 0 Å². The average molecular weight is 219 g/mol. The lowest BCUT2D eigenvalue weighted by molar-refractivity contribution is 0.358. The first-order valence-corrected chi connectivity index (χ1v) is 6.18.